The molecule has 4 heteroatoms. The standard InChI is InChI=1S/C12H13ClN2S/c1-12(5-2-6-12)15-11-14-9-4-3-8(13)7-10(9)16-11/h3-4,7H,2,5-6H2,1H3,(H,14,15). The third kappa shape index (κ3) is 1.78. The summed E-state index contributed by atoms with van der Waals surface area (Å²) >= 11 is 7.64. The summed E-state index contributed by atoms with van der Waals surface area (Å²) < 4.78 is 1.15. The largest absolute Gasteiger partial charge is 0.356 e. The molecule has 1 aromatic heterocycles. The number of fused-ring (bicyclic) bond motifs is 1. The molecule has 0 spiro atoms. The van der Waals surface area contributed by atoms with Gasteiger partial charge in [0.05, 0.1) is 10.2 Å². The molecule has 0 amide bonds. The van der Waals surface area contributed by atoms with Crippen molar-refractivity contribution in [2.75, 3.05) is 5.32 Å². The summed E-state index contributed by atoms with van der Waals surface area (Å²) in [5.41, 5.74) is 1.29. The van der Waals surface area contributed by atoms with Gasteiger partial charge in [0.25, 0.3) is 0 Å². The Bertz CT molecular complexity index is 531. The number of anilines is 1. The number of halogens is 1. The predicted molar refractivity (Wildman–Crippen MR) is 70.5 cm³/mol. The van der Waals surface area contributed by atoms with Gasteiger partial charge in [-0.25, -0.2) is 4.98 Å². The number of aromatic nitrogens is 1. The first kappa shape index (κ1) is 10.4. The third-order valence-electron chi connectivity index (χ3n) is 3.22. The van der Waals surface area contributed by atoms with Crippen LogP contribution in [0.25, 0.3) is 10.2 Å². The molecule has 2 nitrogen and oxygen atoms in total. The van der Waals surface area contributed by atoms with Gasteiger partial charge in [0.15, 0.2) is 5.13 Å². The van der Waals surface area contributed by atoms with Gasteiger partial charge < -0.3 is 5.32 Å². The monoisotopic (exact) mass is 252 g/mol. The number of hydrogen-bond acceptors (Lipinski definition) is 3. The van der Waals surface area contributed by atoms with Crippen molar-refractivity contribution >= 4 is 38.3 Å². The summed E-state index contributed by atoms with van der Waals surface area (Å²) in [4.78, 5) is 4.57. The molecule has 0 saturated heterocycles. The van der Waals surface area contributed by atoms with Crippen LogP contribution in [-0.4, -0.2) is 10.5 Å². The lowest BCUT2D eigenvalue weighted by Crippen LogP contribution is -2.41. The predicted octanol–water partition coefficient (Wildman–Crippen LogP) is 4.30. The topological polar surface area (TPSA) is 24.9 Å². The number of benzene rings is 1. The number of nitrogens with one attached hydrogen (secondary N) is 1. The van der Waals surface area contributed by atoms with E-state index in [0.717, 1.165) is 20.4 Å². The number of nitrogens with zero attached hydrogens (tertiary/aromatic N) is 1. The Kier molecular flexibility index (Phi) is 2.33. The minimum atomic E-state index is 0.262. The van der Waals surface area contributed by atoms with Crippen LogP contribution in [0, 0.1) is 0 Å². The van der Waals surface area contributed by atoms with Crippen molar-refractivity contribution < 1.29 is 0 Å². The minimum absolute atomic E-state index is 0.262. The van der Waals surface area contributed by atoms with E-state index < -0.39 is 0 Å². The van der Waals surface area contributed by atoms with Crippen LogP contribution < -0.4 is 5.32 Å². The Morgan fingerprint density at radius 3 is 2.94 bits per heavy atom. The van der Waals surface area contributed by atoms with E-state index in [9.17, 15) is 0 Å². The summed E-state index contributed by atoms with van der Waals surface area (Å²) in [5.74, 6) is 0. The Balaban J connectivity index is 1.93. The first-order valence-electron chi connectivity index (χ1n) is 5.49. The van der Waals surface area contributed by atoms with Crippen molar-refractivity contribution in [3.05, 3.63) is 23.2 Å². The van der Waals surface area contributed by atoms with Crippen molar-refractivity contribution in [3.8, 4) is 0 Å². The molecule has 1 aromatic carbocycles. The van der Waals surface area contributed by atoms with Crippen molar-refractivity contribution in [1.29, 1.82) is 0 Å². The Labute approximate surface area is 104 Å². The molecule has 84 valence electrons. The molecule has 2 aromatic rings. The fraction of sp³-hybridized carbons (Fsp3) is 0.417. The summed E-state index contributed by atoms with van der Waals surface area (Å²) in [6.45, 7) is 2.26. The molecular formula is C12H13ClN2S. The van der Waals surface area contributed by atoms with Gasteiger partial charge in [0, 0.05) is 10.6 Å². The average Bonchev–Trinajstić information content (AvgIpc) is 2.56. The maximum absolute atomic E-state index is 5.96. The second-order valence-corrected chi connectivity index (χ2v) is 6.14. The maximum Gasteiger partial charge on any atom is 0.184 e. The quantitative estimate of drug-likeness (QED) is 0.862. The van der Waals surface area contributed by atoms with Gasteiger partial charge in [0.1, 0.15) is 0 Å². The Morgan fingerprint density at radius 1 is 1.44 bits per heavy atom. The van der Waals surface area contributed by atoms with Crippen LogP contribution in [0.5, 0.6) is 0 Å². The molecule has 0 aliphatic heterocycles. The van der Waals surface area contributed by atoms with Crippen LogP contribution in [0.15, 0.2) is 18.2 Å². The lowest BCUT2D eigenvalue weighted by atomic mass is 9.79. The van der Waals surface area contributed by atoms with Crippen LogP contribution in [0.1, 0.15) is 26.2 Å². The third-order valence-corrected chi connectivity index (χ3v) is 4.38. The molecule has 1 saturated carbocycles. The smallest absolute Gasteiger partial charge is 0.184 e. The second kappa shape index (κ2) is 3.60. The van der Waals surface area contributed by atoms with Gasteiger partial charge in [-0.15, -0.1) is 0 Å². The molecule has 1 fully saturated rings. The van der Waals surface area contributed by atoms with Crippen molar-refractivity contribution in [2.24, 2.45) is 0 Å². The van der Waals surface area contributed by atoms with Crippen molar-refractivity contribution in [1.82, 2.24) is 4.98 Å². The van der Waals surface area contributed by atoms with E-state index in [0.29, 0.717) is 0 Å². The van der Waals surface area contributed by atoms with Gasteiger partial charge in [-0.05, 0) is 44.4 Å². The molecule has 1 aliphatic carbocycles. The van der Waals surface area contributed by atoms with Crippen LogP contribution in [0.4, 0.5) is 5.13 Å². The zero-order valence-electron chi connectivity index (χ0n) is 9.09. The molecule has 1 aliphatic rings. The second-order valence-electron chi connectivity index (χ2n) is 4.67. The first-order chi connectivity index (χ1) is 7.65. The summed E-state index contributed by atoms with van der Waals surface area (Å²) in [5, 5.41) is 5.32. The lowest BCUT2D eigenvalue weighted by Gasteiger charge is -2.39. The van der Waals surface area contributed by atoms with E-state index in [4.69, 9.17) is 11.6 Å². The molecular weight excluding hydrogens is 240 g/mol. The van der Waals surface area contributed by atoms with Crippen LogP contribution in [-0.2, 0) is 0 Å². The Hall–Kier alpha value is -0.800. The zero-order chi connectivity index (χ0) is 11.2. The van der Waals surface area contributed by atoms with Gasteiger partial charge in [-0.3, -0.25) is 0 Å². The molecule has 3 rings (SSSR count). The van der Waals surface area contributed by atoms with E-state index in [2.05, 4.69) is 17.2 Å². The highest BCUT2D eigenvalue weighted by atomic mass is 35.5. The zero-order valence-corrected chi connectivity index (χ0v) is 10.7. The summed E-state index contributed by atoms with van der Waals surface area (Å²) in [6, 6.07) is 5.84. The molecule has 16 heavy (non-hydrogen) atoms. The van der Waals surface area contributed by atoms with Crippen molar-refractivity contribution in [3.63, 3.8) is 0 Å². The fourth-order valence-electron chi connectivity index (χ4n) is 2.04. The van der Waals surface area contributed by atoms with Crippen LogP contribution in [0.2, 0.25) is 5.02 Å². The van der Waals surface area contributed by atoms with Gasteiger partial charge in [0.2, 0.25) is 0 Å². The fourth-order valence-corrected chi connectivity index (χ4v) is 3.33. The van der Waals surface area contributed by atoms with E-state index in [1.54, 1.807) is 11.3 Å². The highest BCUT2D eigenvalue weighted by molar-refractivity contribution is 7.22. The summed E-state index contributed by atoms with van der Waals surface area (Å²) in [6.07, 6.45) is 3.80. The van der Waals surface area contributed by atoms with Gasteiger partial charge in [-0.1, -0.05) is 22.9 Å². The molecule has 1 N–H and O–H groups in total. The van der Waals surface area contributed by atoms with Crippen LogP contribution >= 0.6 is 22.9 Å². The molecule has 0 atom stereocenters. The highest BCUT2D eigenvalue weighted by Crippen LogP contribution is 2.37. The van der Waals surface area contributed by atoms with Gasteiger partial charge in [-0.2, -0.15) is 0 Å². The van der Waals surface area contributed by atoms with Crippen molar-refractivity contribution in [2.45, 2.75) is 31.7 Å². The molecule has 0 bridgehead atoms. The van der Waals surface area contributed by atoms with E-state index in [1.165, 1.54) is 19.3 Å². The highest BCUT2D eigenvalue weighted by Gasteiger charge is 2.32. The summed E-state index contributed by atoms with van der Waals surface area (Å²) in [7, 11) is 0. The van der Waals surface area contributed by atoms with E-state index >= 15 is 0 Å². The molecule has 0 unspecified atom stereocenters. The maximum atomic E-state index is 5.96. The first-order valence-corrected chi connectivity index (χ1v) is 6.68. The van der Waals surface area contributed by atoms with Gasteiger partial charge >= 0.3 is 0 Å². The van der Waals surface area contributed by atoms with E-state index in [-0.39, 0.29) is 5.54 Å². The number of thiazole rings is 1. The van der Waals surface area contributed by atoms with Crippen LogP contribution in [0.3, 0.4) is 0 Å². The molecule has 0 radical (unpaired) electrons. The van der Waals surface area contributed by atoms with E-state index in [1.807, 2.05) is 18.2 Å². The average molecular weight is 253 g/mol. The Morgan fingerprint density at radius 2 is 2.25 bits per heavy atom. The molecule has 1 heterocycles. The number of hydrogen-bond donors (Lipinski definition) is 1. The minimum Gasteiger partial charge on any atom is -0.356 e. The number of rotatable bonds is 2. The normalized spacial score (nSPS) is 18.4. The lowest BCUT2D eigenvalue weighted by molar-refractivity contribution is 0.306. The SMILES string of the molecule is CC1(Nc2nc3ccc(Cl)cc3s2)CCC1.